The Morgan fingerprint density at radius 3 is 2.43 bits per heavy atom. The zero-order valence-corrected chi connectivity index (χ0v) is 16.6. The number of amides is 1. The number of aryl methyl sites for hydroxylation is 1. The van der Waals surface area contributed by atoms with Crippen LogP contribution in [0, 0.1) is 17.0 Å². The lowest BCUT2D eigenvalue weighted by Gasteiger charge is -2.10. The average Bonchev–Trinajstić information content (AvgIpc) is 2.63. The van der Waals surface area contributed by atoms with Crippen molar-refractivity contribution in [3.05, 3.63) is 61.1 Å². The van der Waals surface area contributed by atoms with Crippen LogP contribution in [0.25, 0.3) is 0 Å². The van der Waals surface area contributed by atoms with Gasteiger partial charge in [0.05, 0.1) is 20.0 Å². The molecule has 0 aromatic heterocycles. The third-order valence-electron chi connectivity index (χ3n) is 3.37. The number of nitro groups is 1. The van der Waals surface area contributed by atoms with Gasteiger partial charge in [-0.2, -0.15) is 0 Å². The number of nitrogens with zero attached hydrogens (tertiary/aromatic N) is 1. The first kappa shape index (κ1) is 21.7. The largest absolute Gasteiger partial charge is 0.480 e. The summed E-state index contributed by atoms with van der Waals surface area (Å²) in [6.45, 7) is 0.464. The maximum atomic E-state index is 11.8. The molecule has 0 atom stereocenters. The molecule has 0 radical (unpaired) electrons. The van der Waals surface area contributed by atoms with E-state index in [2.05, 4.69) is 5.32 Å². The molecular weight excluding hydrogens is 435 g/mol. The third-order valence-corrected chi connectivity index (χ3v) is 4.39. The Balaban J connectivity index is 1.84. The molecule has 0 aliphatic heterocycles. The zero-order valence-electron chi connectivity index (χ0n) is 14.3. The summed E-state index contributed by atoms with van der Waals surface area (Å²) in [5, 5.41) is 13.9. The lowest BCUT2D eigenvalue weighted by Crippen LogP contribution is -2.23. The fraction of sp³-hybridized carbons (Fsp3) is 0.176. The van der Waals surface area contributed by atoms with E-state index < -0.39 is 30.0 Å². The first-order valence-electron chi connectivity index (χ1n) is 7.65. The van der Waals surface area contributed by atoms with Crippen molar-refractivity contribution >= 4 is 58.1 Å². The van der Waals surface area contributed by atoms with Gasteiger partial charge in [0.2, 0.25) is 0 Å². The minimum atomic E-state index is -0.827. The highest BCUT2D eigenvalue weighted by atomic mass is 35.5. The van der Waals surface area contributed by atoms with E-state index in [1.807, 2.05) is 0 Å². The molecule has 148 valence electrons. The highest BCUT2D eigenvalue weighted by Gasteiger charge is 2.14. The molecule has 1 amide bonds. The van der Waals surface area contributed by atoms with Crippen LogP contribution in [-0.2, 0) is 14.3 Å². The van der Waals surface area contributed by atoms with E-state index >= 15 is 0 Å². The monoisotopic (exact) mass is 446 g/mol. The van der Waals surface area contributed by atoms with Crippen LogP contribution in [0.1, 0.15) is 5.56 Å². The lowest BCUT2D eigenvalue weighted by molar-refractivity contribution is -0.385. The number of nitro benzene ring substituents is 1. The molecule has 8 nitrogen and oxygen atoms in total. The number of benzene rings is 2. The van der Waals surface area contributed by atoms with Crippen molar-refractivity contribution < 1.29 is 24.0 Å². The number of rotatable bonds is 7. The Kier molecular flexibility index (Phi) is 7.45. The molecular formula is C17H13Cl3N2O6. The van der Waals surface area contributed by atoms with Crippen LogP contribution in [-0.4, -0.2) is 30.0 Å². The SMILES string of the molecule is Cc1ccc(NC(=O)COC(=O)COc2cc(Cl)c(Cl)cc2Cl)cc1[N+](=O)[O-]. The molecule has 1 N–H and O–H groups in total. The normalized spacial score (nSPS) is 10.3. The number of nitrogens with one attached hydrogen (secondary N) is 1. The van der Waals surface area contributed by atoms with Gasteiger partial charge in [0, 0.05) is 23.4 Å². The van der Waals surface area contributed by atoms with Crippen LogP contribution in [0.5, 0.6) is 5.75 Å². The van der Waals surface area contributed by atoms with Crippen molar-refractivity contribution in [2.24, 2.45) is 0 Å². The van der Waals surface area contributed by atoms with Gasteiger partial charge in [-0.25, -0.2) is 4.79 Å². The number of halogens is 3. The van der Waals surface area contributed by atoms with E-state index in [-0.39, 0.29) is 32.2 Å². The second kappa shape index (κ2) is 9.59. The van der Waals surface area contributed by atoms with Crippen molar-refractivity contribution in [1.82, 2.24) is 0 Å². The topological polar surface area (TPSA) is 108 Å². The summed E-state index contributed by atoms with van der Waals surface area (Å²) in [4.78, 5) is 33.9. The highest BCUT2D eigenvalue weighted by Crippen LogP contribution is 2.33. The zero-order chi connectivity index (χ0) is 20.8. The predicted molar refractivity (Wildman–Crippen MR) is 104 cm³/mol. The standard InChI is InChI=1S/C17H13Cl3N2O6/c1-9-2-3-10(4-14(9)22(25)26)21-16(23)7-28-17(24)8-27-15-6-12(19)11(18)5-13(15)20/h2-6H,7-8H2,1H3,(H,21,23). The molecule has 28 heavy (non-hydrogen) atoms. The van der Waals surface area contributed by atoms with Gasteiger partial charge in [0.15, 0.2) is 13.2 Å². The molecule has 0 saturated carbocycles. The summed E-state index contributed by atoms with van der Waals surface area (Å²) >= 11 is 17.5. The Labute approximate surface area is 174 Å². The van der Waals surface area contributed by atoms with Crippen LogP contribution in [0.3, 0.4) is 0 Å². The van der Waals surface area contributed by atoms with Crippen LogP contribution < -0.4 is 10.1 Å². The quantitative estimate of drug-likeness (QED) is 0.291. The predicted octanol–water partition coefficient (Wildman–Crippen LogP) is 4.42. The van der Waals surface area contributed by atoms with E-state index in [0.717, 1.165) is 0 Å². The van der Waals surface area contributed by atoms with Gasteiger partial charge in [0.1, 0.15) is 5.75 Å². The fourth-order valence-electron chi connectivity index (χ4n) is 2.02. The second-order valence-electron chi connectivity index (χ2n) is 5.45. The molecule has 0 unspecified atom stereocenters. The van der Waals surface area contributed by atoms with Crippen molar-refractivity contribution in [1.29, 1.82) is 0 Å². The average molecular weight is 448 g/mol. The molecule has 0 aliphatic carbocycles. The van der Waals surface area contributed by atoms with Crippen LogP contribution >= 0.6 is 34.8 Å². The number of ether oxygens (including phenoxy) is 2. The lowest BCUT2D eigenvalue weighted by atomic mass is 10.2. The van der Waals surface area contributed by atoms with Gasteiger partial charge in [-0.1, -0.05) is 40.9 Å². The molecule has 0 saturated heterocycles. The molecule has 0 bridgehead atoms. The molecule has 0 fully saturated rings. The van der Waals surface area contributed by atoms with Crippen LogP contribution in [0.15, 0.2) is 30.3 Å². The van der Waals surface area contributed by atoms with Crippen molar-refractivity contribution in [3.63, 3.8) is 0 Å². The van der Waals surface area contributed by atoms with Gasteiger partial charge in [-0.05, 0) is 19.1 Å². The van der Waals surface area contributed by atoms with Crippen molar-refractivity contribution in [2.45, 2.75) is 6.92 Å². The molecule has 0 heterocycles. The summed E-state index contributed by atoms with van der Waals surface area (Å²) in [7, 11) is 0. The van der Waals surface area contributed by atoms with Gasteiger partial charge in [0.25, 0.3) is 11.6 Å². The van der Waals surface area contributed by atoms with Crippen LogP contribution in [0.4, 0.5) is 11.4 Å². The summed E-state index contributed by atoms with van der Waals surface area (Å²) in [5.41, 5.74) is 0.520. The van der Waals surface area contributed by atoms with Gasteiger partial charge in [-0.3, -0.25) is 14.9 Å². The van der Waals surface area contributed by atoms with E-state index in [0.29, 0.717) is 5.56 Å². The number of esters is 1. The van der Waals surface area contributed by atoms with E-state index in [9.17, 15) is 19.7 Å². The fourth-order valence-corrected chi connectivity index (χ4v) is 2.61. The third kappa shape index (κ3) is 5.98. The summed E-state index contributed by atoms with van der Waals surface area (Å²) in [6.07, 6.45) is 0. The Morgan fingerprint density at radius 2 is 1.75 bits per heavy atom. The van der Waals surface area contributed by atoms with Gasteiger partial charge >= 0.3 is 5.97 Å². The second-order valence-corrected chi connectivity index (χ2v) is 6.67. The number of anilines is 1. The van der Waals surface area contributed by atoms with E-state index in [1.54, 1.807) is 6.92 Å². The molecule has 2 aromatic carbocycles. The Hall–Kier alpha value is -2.55. The summed E-state index contributed by atoms with van der Waals surface area (Å²) < 4.78 is 9.97. The summed E-state index contributed by atoms with van der Waals surface area (Å²) in [6, 6.07) is 6.91. The number of hydrogen-bond donors (Lipinski definition) is 1. The van der Waals surface area contributed by atoms with Crippen molar-refractivity contribution in [2.75, 3.05) is 18.5 Å². The number of hydrogen-bond acceptors (Lipinski definition) is 6. The maximum absolute atomic E-state index is 11.8. The smallest absolute Gasteiger partial charge is 0.344 e. The molecule has 0 spiro atoms. The Morgan fingerprint density at radius 1 is 1.07 bits per heavy atom. The first-order valence-corrected chi connectivity index (χ1v) is 8.78. The summed E-state index contributed by atoms with van der Waals surface area (Å²) in [5.74, 6) is -1.37. The van der Waals surface area contributed by atoms with Crippen molar-refractivity contribution in [3.8, 4) is 5.75 Å². The molecule has 11 heteroatoms. The van der Waals surface area contributed by atoms with E-state index in [1.165, 1.54) is 30.3 Å². The van der Waals surface area contributed by atoms with E-state index in [4.69, 9.17) is 44.3 Å². The number of carbonyl (C=O) groups is 2. The van der Waals surface area contributed by atoms with Crippen LogP contribution in [0.2, 0.25) is 15.1 Å². The highest BCUT2D eigenvalue weighted by molar-refractivity contribution is 6.43. The number of carbonyl (C=O) groups excluding carboxylic acids is 2. The molecule has 2 aromatic rings. The Bertz CT molecular complexity index is 935. The van der Waals surface area contributed by atoms with Gasteiger partial charge in [-0.15, -0.1) is 0 Å². The maximum Gasteiger partial charge on any atom is 0.344 e. The van der Waals surface area contributed by atoms with Gasteiger partial charge < -0.3 is 14.8 Å². The minimum absolute atomic E-state index is 0.129. The molecule has 0 aliphatic rings. The first-order chi connectivity index (χ1) is 13.2. The minimum Gasteiger partial charge on any atom is -0.480 e. The molecule has 2 rings (SSSR count).